The molecular weight excluding hydrogens is 296 g/mol. The van der Waals surface area contributed by atoms with Crippen LogP contribution in [0.2, 0.25) is 0 Å². The van der Waals surface area contributed by atoms with E-state index in [1.54, 1.807) is 0 Å². The molecule has 0 spiro atoms. The van der Waals surface area contributed by atoms with Gasteiger partial charge in [-0.05, 0) is 25.5 Å². The number of rotatable bonds is 7. The Labute approximate surface area is 137 Å². The minimum atomic E-state index is 0.883. The first-order valence-electron chi connectivity index (χ1n) is 8.19. The van der Waals surface area contributed by atoms with Crippen LogP contribution in [0.15, 0.2) is 4.99 Å². The second kappa shape index (κ2) is 9.71. The first-order valence-corrected chi connectivity index (χ1v) is 9.59. The van der Waals surface area contributed by atoms with Gasteiger partial charge in [0, 0.05) is 45.3 Å². The molecule has 7 heteroatoms. The van der Waals surface area contributed by atoms with Gasteiger partial charge in [0.2, 0.25) is 0 Å². The summed E-state index contributed by atoms with van der Waals surface area (Å²) in [4.78, 5) is 4.23. The molecule has 0 atom stereocenters. The van der Waals surface area contributed by atoms with Crippen LogP contribution in [0, 0.1) is 0 Å². The van der Waals surface area contributed by atoms with Gasteiger partial charge in [-0.25, -0.2) is 0 Å². The number of aromatic nitrogens is 3. The molecule has 0 amide bonds. The van der Waals surface area contributed by atoms with Crippen molar-refractivity contribution in [2.45, 2.75) is 45.1 Å². The van der Waals surface area contributed by atoms with Gasteiger partial charge in [0.1, 0.15) is 11.6 Å². The standard InChI is InChI=1S/C15H28N6S/c1-16-15(18-10-12-22-2)17-9-6-8-14-20-19-13-7-4-3-5-11-21(13)14/h3-12H2,1-2H3,(H2,16,17,18). The van der Waals surface area contributed by atoms with Crippen LogP contribution in [0.25, 0.3) is 0 Å². The maximum absolute atomic E-state index is 4.37. The maximum atomic E-state index is 4.37. The molecule has 0 radical (unpaired) electrons. The molecule has 1 aromatic heterocycles. The predicted octanol–water partition coefficient (Wildman–Crippen LogP) is 1.47. The Kier molecular flexibility index (Phi) is 7.56. The molecule has 22 heavy (non-hydrogen) atoms. The van der Waals surface area contributed by atoms with Gasteiger partial charge in [0.25, 0.3) is 0 Å². The molecule has 2 heterocycles. The minimum absolute atomic E-state index is 0.883. The van der Waals surface area contributed by atoms with E-state index >= 15 is 0 Å². The van der Waals surface area contributed by atoms with Gasteiger partial charge >= 0.3 is 0 Å². The van der Waals surface area contributed by atoms with E-state index < -0.39 is 0 Å². The fraction of sp³-hybridized carbons (Fsp3) is 0.800. The Morgan fingerprint density at radius 2 is 2.09 bits per heavy atom. The molecule has 1 aliphatic heterocycles. The average molecular weight is 324 g/mol. The topological polar surface area (TPSA) is 67.1 Å². The van der Waals surface area contributed by atoms with Crippen LogP contribution in [-0.4, -0.2) is 52.9 Å². The molecule has 0 unspecified atom stereocenters. The summed E-state index contributed by atoms with van der Waals surface area (Å²) in [5, 5.41) is 15.4. The summed E-state index contributed by atoms with van der Waals surface area (Å²) in [5.41, 5.74) is 0. The smallest absolute Gasteiger partial charge is 0.191 e. The molecule has 0 bridgehead atoms. The third-order valence-electron chi connectivity index (χ3n) is 3.88. The van der Waals surface area contributed by atoms with Crippen molar-refractivity contribution in [2.24, 2.45) is 4.99 Å². The second-order valence-corrected chi connectivity index (χ2v) is 6.50. The SMILES string of the molecule is CN=C(NCCCc1nnc2n1CCCCC2)NCCSC. The van der Waals surface area contributed by atoms with Gasteiger partial charge in [-0.2, -0.15) is 11.8 Å². The lowest BCUT2D eigenvalue weighted by Gasteiger charge is -2.11. The molecule has 0 fully saturated rings. The summed E-state index contributed by atoms with van der Waals surface area (Å²) in [5.74, 6) is 4.29. The zero-order chi connectivity index (χ0) is 15.6. The van der Waals surface area contributed by atoms with Gasteiger partial charge in [0.05, 0.1) is 0 Å². The number of hydrogen-bond acceptors (Lipinski definition) is 4. The number of aryl methyl sites for hydroxylation is 2. The van der Waals surface area contributed by atoms with E-state index in [-0.39, 0.29) is 0 Å². The Hall–Kier alpha value is -1.24. The van der Waals surface area contributed by atoms with E-state index in [4.69, 9.17) is 0 Å². The number of guanidine groups is 1. The first kappa shape index (κ1) is 17.1. The van der Waals surface area contributed by atoms with E-state index in [1.165, 1.54) is 25.1 Å². The summed E-state index contributed by atoms with van der Waals surface area (Å²) < 4.78 is 2.33. The Bertz CT molecular complexity index is 471. The van der Waals surface area contributed by atoms with E-state index in [0.29, 0.717) is 0 Å². The van der Waals surface area contributed by atoms with Crippen molar-refractivity contribution in [3.63, 3.8) is 0 Å². The van der Waals surface area contributed by atoms with Crippen molar-refractivity contribution in [1.29, 1.82) is 0 Å². The van der Waals surface area contributed by atoms with Crippen LogP contribution < -0.4 is 10.6 Å². The molecule has 1 aromatic rings. The van der Waals surface area contributed by atoms with Crippen LogP contribution in [0.1, 0.15) is 37.3 Å². The van der Waals surface area contributed by atoms with Crippen molar-refractivity contribution in [2.75, 3.05) is 32.1 Å². The molecule has 0 saturated carbocycles. The van der Waals surface area contributed by atoms with Gasteiger partial charge in [-0.3, -0.25) is 4.99 Å². The van der Waals surface area contributed by atoms with E-state index in [9.17, 15) is 0 Å². The lowest BCUT2D eigenvalue weighted by molar-refractivity contribution is 0.594. The maximum Gasteiger partial charge on any atom is 0.191 e. The van der Waals surface area contributed by atoms with E-state index in [2.05, 4.69) is 36.6 Å². The molecule has 1 aliphatic rings. The second-order valence-electron chi connectivity index (χ2n) is 5.52. The summed E-state index contributed by atoms with van der Waals surface area (Å²) in [6, 6.07) is 0. The fourth-order valence-electron chi connectivity index (χ4n) is 2.68. The summed E-state index contributed by atoms with van der Waals surface area (Å²) >= 11 is 1.83. The minimum Gasteiger partial charge on any atom is -0.356 e. The van der Waals surface area contributed by atoms with Gasteiger partial charge in [-0.15, -0.1) is 10.2 Å². The summed E-state index contributed by atoms with van der Waals surface area (Å²) in [6.45, 7) is 2.93. The lowest BCUT2D eigenvalue weighted by atomic mass is 10.2. The predicted molar refractivity (Wildman–Crippen MR) is 93.6 cm³/mol. The summed E-state index contributed by atoms with van der Waals surface area (Å²) in [6.07, 6.45) is 9.02. The molecule has 6 nitrogen and oxygen atoms in total. The third-order valence-corrected chi connectivity index (χ3v) is 4.49. The van der Waals surface area contributed by atoms with Crippen molar-refractivity contribution in [3.05, 3.63) is 11.6 Å². The number of hydrogen-bond donors (Lipinski definition) is 2. The zero-order valence-electron chi connectivity index (χ0n) is 13.8. The van der Waals surface area contributed by atoms with Gasteiger partial charge in [-0.1, -0.05) is 6.42 Å². The average Bonchev–Trinajstić information content (AvgIpc) is 2.77. The number of aliphatic imine (C=N–C) groups is 1. The van der Waals surface area contributed by atoms with Crippen molar-refractivity contribution >= 4 is 17.7 Å². The number of thioether (sulfide) groups is 1. The first-order chi connectivity index (χ1) is 10.8. The van der Waals surface area contributed by atoms with Crippen molar-refractivity contribution in [1.82, 2.24) is 25.4 Å². The van der Waals surface area contributed by atoms with Crippen LogP contribution in [0.4, 0.5) is 0 Å². The number of nitrogens with one attached hydrogen (secondary N) is 2. The zero-order valence-corrected chi connectivity index (χ0v) is 14.6. The lowest BCUT2D eigenvalue weighted by Crippen LogP contribution is -2.38. The van der Waals surface area contributed by atoms with Crippen LogP contribution >= 0.6 is 11.8 Å². The molecule has 0 aromatic carbocycles. The normalized spacial score (nSPS) is 15.3. The largest absolute Gasteiger partial charge is 0.356 e. The van der Waals surface area contributed by atoms with Gasteiger partial charge < -0.3 is 15.2 Å². The molecule has 2 rings (SSSR count). The van der Waals surface area contributed by atoms with Crippen LogP contribution in [0.3, 0.4) is 0 Å². The highest BCUT2D eigenvalue weighted by atomic mass is 32.2. The molecule has 2 N–H and O–H groups in total. The quantitative estimate of drug-likeness (QED) is 0.452. The highest BCUT2D eigenvalue weighted by molar-refractivity contribution is 7.98. The third kappa shape index (κ3) is 5.19. The Balaban J connectivity index is 1.71. The van der Waals surface area contributed by atoms with E-state index in [1.807, 2.05) is 18.8 Å². The monoisotopic (exact) mass is 324 g/mol. The Morgan fingerprint density at radius 1 is 1.23 bits per heavy atom. The molecular formula is C15H28N6S. The van der Waals surface area contributed by atoms with Crippen LogP contribution in [0.5, 0.6) is 0 Å². The fourth-order valence-corrected chi connectivity index (χ4v) is 2.98. The molecule has 0 aliphatic carbocycles. The Morgan fingerprint density at radius 3 is 2.91 bits per heavy atom. The van der Waals surface area contributed by atoms with Gasteiger partial charge in [0.15, 0.2) is 5.96 Å². The number of fused-ring (bicyclic) bond motifs is 1. The van der Waals surface area contributed by atoms with Crippen LogP contribution in [-0.2, 0) is 19.4 Å². The van der Waals surface area contributed by atoms with Crippen molar-refractivity contribution < 1.29 is 0 Å². The highest BCUT2D eigenvalue weighted by Crippen LogP contribution is 2.15. The molecule has 124 valence electrons. The van der Waals surface area contributed by atoms with Crippen molar-refractivity contribution in [3.8, 4) is 0 Å². The highest BCUT2D eigenvalue weighted by Gasteiger charge is 2.13. The van der Waals surface area contributed by atoms with E-state index in [0.717, 1.165) is 56.4 Å². The molecule has 0 saturated heterocycles. The number of nitrogens with zero attached hydrogens (tertiary/aromatic N) is 4. The summed E-state index contributed by atoms with van der Waals surface area (Å²) in [7, 11) is 1.81.